The molecular weight excluding hydrogens is 254 g/mol. The van der Waals surface area contributed by atoms with E-state index in [2.05, 4.69) is 5.32 Å². The number of nitrogens with one attached hydrogen (secondary N) is 1. The van der Waals surface area contributed by atoms with Gasteiger partial charge in [-0.1, -0.05) is 38.0 Å². The summed E-state index contributed by atoms with van der Waals surface area (Å²) in [6.45, 7) is 2.52. The maximum atomic E-state index is 12.0. The molecule has 1 aliphatic rings. The van der Waals surface area contributed by atoms with Crippen molar-refractivity contribution in [3.05, 3.63) is 30.3 Å². The summed E-state index contributed by atoms with van der Waals surface area (Å²) in [7, 11) is 0. The van der Waals surface area contributed by atoms with Crippen molar-refractivity contribution in [2.75, 3.05) is 13.2 Å². The first-order chi connectivity index (χ1) is 9.59. The van der Waals surface area contributed by atoms with Crippen LogP contribution >= 0.6 is 0 Å². The minimum absolute atomic E-state index is 0.0683. The van der Waals surface area contributed by atoms with Gasteiger partial charge in [0, 0.05) is 6.54 Å². The molecule has 1 amide bonds. The summed E-state index contributed by atoms with van der Waals surface area (Å²) in [5.74, 6) is 0.461. The highest BCUT2D eigenvalue weighted by molar-refractivity contribution is 5.78. The Morgan fingerprint density at radius 1 is 1.35 bits per heavy atom. The second kappa shape index (κ2) is 6.75. The van der Waals surface area contributed by atoms with E-state index in [1.54, 1.807) is 0 Å². The summed E-state index contributed by atoms with van der Waals surface area (Å²) in [6, 6.07) is 9.45. The lowest BCUT2D eigenvalue weighted by Gasteiger charge is -2.23. The minimum atomic E-state index is -0.699. The number of ether oxygens (including phenoxy) is 1. The van der Waals surface area contributed by atoms with Crippen molar-refractivity contribution in [1.29, 1.82) is 0 Å². The van der Waals surface area contributed by atoms with E-state index < -0.39 is 5.60 Å². The van der Waals surface area contributed by atoms with Gasteiger partial charge in [0.25, 0.3) is 0 Å². The van der Waals surface area contributed by atoms with Crippen LogP contribution < -0.4 is 10.1 Å². The number of aliphatic hydroxyl groups is 1. The topological polar surface area (TPSA) is 58.6 Å². The Morgan fingerprint density at radius 3 is 2.65 bits per heavy atom. The van der Waals surface area contributed by atoms with Crippen LogP contribution in [0.25, 0.3) is 0 Å². The summed E-state index contributed by atoms with van der Waals surface area (Å²) in [5.41, 5.74) is -0.699. The van der Waals surface area contributed by atoms with Crippen LogP contribution in [0.5, 0.6) is 5.75 Å². The van der Waals surface area contributed by atoms with Crippen LogP contribution in [0.2, 0.25) is 0 Å². The van der Waals surface area contributed by atoms with Gasteiger partial charge in [-0.25, -0.2) is 0 Å². The Hall–Kier alpha value is -1.55. The smallest absolute Gasteiger partial charge is 0.226 e. The van der Waals surface area contributed by atoms with Crippen molar-refractivity contribution >= 4 is 5.91 Å². The Balaban J connectivity index is 1.72. The second-order valence-corrected chi connectivity index (χ2v) is 5.67. The van der Waals surface area contributed by atoms with Crippen LogP contribution in [0.3, 0.4) is 0 Å². The second-order valence-electron chi connectivity index (χ2n) is 5.67. The SMILES string of the molecule is CC(COc1ccccc1)C(=O)NCC1(O)CCCC1. The van der Waals surface area contributed by atoms with E-state index in [1.165, 1.54) is 0 Å². The standard InChI is InChI=1S/C16H23NO3/c1-13(11-20-14-7-3-2-4-8-14)15(18)17-12-16(19)9-5-6-10-16/h2-4,7-8,13,19H,5-6,9-12H2,1H3,(H,17,18). The van der Waals surface area contributed by atoms with Crippen molar-refractivity contribution < 1.29 is 14.6 Å². The zero-order chi connectivity index (χ0) is 14.4. The van der Waals surface area contributed by atoms with Gasteiger partial charge in [0.15, 0.2) is 0 Å². The van der Waals surface area contributed by atoms with Crippen molar-refractivity contribution in [1.82, 2.24) is 5.32 Å². The van der Waals surface area contributed by atoms with Crippen LogP contribution in [-0.2, 0) is 4.79 Å². The van der Waals surface area contributed by atoms with E-state index in [4.69, 9.17) is 4.74 Å². The number of rotatable bonds is 6. The van der Waals surface area contributed by atoms with Crippen molar-refractivity contribution in [2.45, 2.75) is 38.2 Å². The van der Waals surface area contributed by atoms with Gasteiger partial charge in [0.2, 0.25) is 5.91 Å². The Labute approximate surface area is 120 Å². The van der Waals surface area contributed by atoms with Crippen molar-refractivity contribution in [3.63, 3.8) is 0 Å². The molecule has 0 bridgehead atoms. The molecule has 1 atom stereocenters. The van der Waals surface area contributed by atoms with E-state index in [-0.39, 0.29) is 11.8 Å². The molecule has 0 saturated heterocycles. The zero-order valence-corrected chi connectivity index (χ0v) is 12.0. The third kappa shape index (κ3) is 4.23. The molecule has 0 radical (unpaired) electrons. The maximum Gasteiger partial charge on any atom is 0.226 e. The summed E-state index contributed by atoms with van der Waals surface area (Å²) < 4.78 is 5.56. The molecule has 4 heteroatoms. The van der Waals surface area contributed by atoms with Gasteiger partial charge in [-0.3, -0.25) is 4.79 Å². The molecule has 20 heavy (non-hydrogen) atoms. The van der Waals surface area contributed by atoms with E-state index in [0.29, 0.717) is 13.2 Å². The molecule has 1 aliphatic carbocycles. The van der Waals surface area contributed by atoms with E-state index in [0.717, 1.165) is 31.4 Å². The monoisotopic (exact) mass is 277 g/mol. The van der Waals surface area contributed by atoms with Gasteiger partial charge in [-0.05, 0) is 25.0 Å². The van der Waals surface area contributed by atoms with Gasteiger partial charge >= 0.3 is 0 Å². The molecule has 0 heterocycles. The van der Waals surface area contributed by atoms with Crippen molar-refractivity contribution in [2.24, 2.45) is 5.92 Å². The Kier molecular flexibility index (Phi) is 5.01. The highest BCUT2D eigenvalue weighted by atomic mass is 16.5. The summed E-state index contributed by atoms with van der Waals surface area (Å²) >= 11 is 0. The van der Waals surface area contributed by atoms with Crippen LogP contribution in [0.4, 0.5) is 0 Å². The number of para-hydroxylation sites is 1. The average Bonchev–Trinajstić information content (AvgIpc) is 2.90. The third-order valence-electron chi connectivity index (χ3n) is 3.82. The Bertz CT molecular complexity index is 427. The fourth-order valence-corrected chi connectivity index (χ4v) is 2.45. The first-order valence-corrected chi connectivity index (χ1v) is 7.27. The lowest BCUT2D eigenvalue weighted by Crippen LogP contribution is -2.43. The summed E-state index contributed by atoms with van der Waals surface area (Å²) in [6.07, 6.45) is 3.64. The molecule has 2 N–H and O–H groups in total. The molecule has 1 aromatic carbocycles. The molecule has 1 unspecified atom stereocenters. The predicted molar refractivity (Wildman–Crippen MR) is 77.5 cm³/mol. The third-order valence-corrected chi connectivity index (χ3v) is 3.82. The molecule has 0 aromatic heterocycles. The van der Waals surface area contributed by atoms with Crippen LogP contribution in [0.15, 0.2) is 30.3 Å². The predicted octanol–water partition coefficient (Wildman–Crippen LogP) is 2.12. The number of hydrogen-bond acceptors (Lipinski definition) is 3. The normalized spacial score (nSPS) is 18.5. The zero-order valence-electron chi connectivity index (χ0n) is 12.0. The lowest BCUT2D eigenvalue weighted by atomic mass is 10.0. The van der Waals surface area contributed by atoms with Crippen LogP contribution in [-0.4, -0.2) is 29.8 Å². The van der Waals surface area contributed by atoms with Gasteiger partial charge in [0.1, 0.15) is 5.75 Å². The average molecular weight is 277 g/mol. The van der Waals surface area contributed by atoms with Gasteiger partial charge in [-0.15, -0.1) is 0 Å². The molecule has 0 aliphatic heterocycles. The van der Waals surface area contributed by atoms with E-state index in [1.807, 2.05) is 37.3 Å². The highest BCUT2D eigenvalue weighted by Crippen LogP contribution is 2.28. The lowest BCUT2D eigenvalue weighted by molar-refractivity contribution is -0.126. The molecule has 1 saturated carbocycles. The number of benzene rings is 1. The minimum Gasteiger partial charge on any atom is -0.493 e. The largest absolute Gasteiger partial charge is 0.493 e. The molecule has 1 aromatic rings. The first-order valence-electron chi connectivity index (χ1n) is 7.27. The fraction of sp³-hybridized carbons (Fsp3) is 0.562. The molecule has 0 spiro atoms. The summed E-state index contributed by atoms with van der Waals surface area (Å²) in [4.78, 5) is 12.0. The first kappa shape index (κ1) is 14.9. The van der Waals surface area contributed by atoms with Gasteiger partial charge in [-0.2, -0.15) is 0 Å². The number of hydrogen-bond donors (Lipinski definition) is 2. The van der Waals surface area contributed by atoms with Gasteiger partial charge in [0.05, 0.1) is 18.1 Å². The number of amides is 1. The van der Waals surface area contributed by atoms with E-state index >= 15 is 0 Å². The Morgan fingerprint density at radius 2 is 2.00 bits per heavy atom. The van der Waals surface area contributed by atoms with Crippen LogP contribution in [0, 0.1) is 5.92 Å². The fourth-order valence-electron chi connectivity index (χ4n) is 2.45. The summed E-state index contributed by atoms with van der Waals surface area (Å²) in [5, 5.41) is 13.0. The quantitative estimate of drug-likeness (QED) is 0.837. The molecule has 4 nitrogen and oxygen atoms in total. The van der Waals surface area contributed by atoms with Crippen LogP contribution in [0.1, 0.15) is 32.6 Å². The number of carbonyl (C=O) groups is 1. The van der Waals surface area contributed by atoms with Crippen molar-refractivity contribution in [3.8, 4) is 5.75 Å². The van der Waals surface area contributed by atoms with Gasteiger partial charge < -0.3 is 15.2 Å². The van der Waals surface area contributed by atoms with E-state index in [9.17, 15) is 9.90 Å². The molecule has 1 fully saturated rings. The number of carbonyl (C=O) groups excluding carboxylic acids is 1. The molecular formula is C16H23NO3. The molecule has 110 valence electrons. The maximum absolute atomic E-state index is 12.0. The highest BCUT2D eigenvalue weighted by Gasteiger charge is 2.31. The molecule has 2 rings (SSSR count).